The minimum absolute atomic E-state index is 0.161. The number of carbonyl (C=O) groups is 1. The number of benzene rings is 3. The van der Waals surface area contributed by atoms with Crippen LogP contribution in [0, 0.1) is 0 Å². The molecule has 0 N–H and O–H groups in total. The average molecular weight is 444 g/mol. The van der Waals surface area contributed by atoms with E-state index < -0.39 is 0 Å². The molecule has 0 unspecified atom stereocenters. The smallest absolute Gasteiger partial charge is 0.223 e. The van der Waals surface area contributed by atoms with Gasteiger partial charge in [-0.1, -0.05) is 73.7 Å². The van der Waals surface area contributed by atoms with Crippen LogP contribution in [-0.4, -0.2) is 37.2 Å². The highest BCUT2D eigenvalue weighted by Crippen LogP contribution is 2.25. The van der Waals surface area contributed by atoms with Crippen LogP contribution in [0.25, 0.3) is 0 Å². The SMILES string of the molecule is CCc1ccc2c(c1)Cc1cccc(c1)CN(C(=O)CCc1ccccc1)CCOCCO2. The molecule has 172 valence electrons. The molecule has 1 amide bonds. The highest BCUT2D eigenvalue weighted by molar-refractivity contribution is 5.76. The summed E-state index contributed by atoms with van der Waals surface area (Å²) in [5, 5.41) is 0. The maximum absolute atomic E-state index is 13.1. The van der Waals surface area contributed by atoms with Crippen molar-refractivity contribution >= 4 is 5.91 Å². The van der Waals surface area contributed by atoms with E-state index in [-0.39, 0.29) is 5.91 Å². The lowest BCUT2D eigenvalue weighted by molar-refractivity contribution is -0.132. The zero-order chi connectivity index (χ0) is 22.9. The van der Waals surface area contributed by atoms with Crippen LogP contribution >= 0.6 is 0 Å². The van der Waals surface area contributed by atoms with Crippen LogP contribution in [0.3, 0.4) is 0 Å². The van der Waals surface area contributed by atoms with Crippen LogP contribution < -0.4 is 4.74 Å². The number of rotatable bonds is 4. The van der Waals surface area contributed by atoms with Gasteiger partial charge in [0.2, 0.25) is 5.91 Å². The number of aryl methyl sites for hydroxylation is 2. The Kier molecular flexibility index (Phi) is 8.15. The van der Waals surface area contributed by atoms with Gasteiger partial charge in [0.1, 0.15) is 12.4 Å². The first-order valence-electron chi connectivity index (χ1n) is 11.9. The van der Waals surface area contributed by atoms with Gasteiger partial charge in [0.15, 0.2) is 0 Å². The molecule has 0 saturated heterocycles. The lowest BCUT2D eigenvalue weighted by Crippen LogP contribution is -2.34. The Balaban J connectivity index is 1.52. The molecule has 4 nitrogen and oxygen atoms in total. The Morgan fingerprint density at radius 3 is 2.58 bits per heavy atom. The van der Waals surface area contributed by atoms with E-state index in [9.17, 15) is 4.79 Å². The van der Waals surface area contributed by atoms with Crippen LogP contribution in [0.5, 0.6) is 5.75 Å². The lowest BCUT2D eigenvalue weighted by Gasteiger charge is -2.24. The minimum Gasteiger partial charge on any atom is -0.491 e. The quantitative estimate of drug-likeness (QED) is 0.556. The number of fused-ring (bicyclic) bond motifs is 3. The maximum Gasteiger partial charge on any atom is 0.223 e. The van der Waals surface area contributed by atoms with Crippen molar-refractivity contribution in [3.05, 3.63) is 101 Å². The Morgan fingerprint density at radius 2 is 1.73 bits per heavy atom. The van der Waals surface area contributed by atoms with Crippen LogP contribution in [0.15, 0.2) is 72.8 Å². The fourth-order valence-corrected chi connectivity index (χ4v) is 4.24. The van der Waals surface area contributed by atoms with Crippen molar-refractivity contribution in [3.63, 3.8) is 0 Å². The summed E-state index contributed by atoms with van der Waals surface area (Å²) in [5.41, 5.74) is 6.07. The van der Waals surface area contributed by atoms with Gasteiger partial charge < -0.3 is 14.4 Å². The monoisotopic (exact) mass is 443 g/mol. The fourth-order valence-electron chi connectivity index (χ4n) is 4.24. The van der Waals surface area contributed by atoms with E-state index in [1.54, 1.807) is 0 Å². The lowest BCUT2D eigenvalue weighted by atomic mass is 9.99. The zero-order valence-electron chi connectivity index (χ0n) is 19.5. The molecular weight excluding hydrogens is 410 g/mol. The Labute approximate surface area is 197 Å². The molecule has 0 atom stereocenters. The molecule has 1 aliphatic heterocycles. The van der Waals surface area contributed by atoms with Crippen molar-refractivity contribution in [2.45, 2.75) is 39.2 Å². The third kappa shape index (κ3) is 6.69. The van der Waals surface area contributed by atoms with Gasteiger partial charge in [0, 0.05) is 25.9 Å². The van der Waals surface area contributed by atoms with Crippen molar-refractivity contribution < 1.29 is 14.3 Å². The second-order valence-corrected chi connectivity index (χ2v) is 8.55. The summed E-state index contributed by atoms with van der Waals surface area (Å²) in [6.45, 7) is 4.86. The van der Waals surface area contributed by atoms with E-state index in [1.807, 2.05) is 23.1 Å². The summed E-state index contributed by atoms with van der Waals surface area (Å²) in [5.74, 6) is 1.09. The van der Waals surface area contributed by atoms with E-state index in [4.69, 9.17) is 9.47 Å². The first-order chi connectivity index (χ1) is 16.2. The van der Waals surface area contributed by atoms with Gasteiger partial charge in [-0.05, 0) is 46.7 Å². The van der Waals surface area contributed by atoms with Crippen molar-refractivity contribution in [1.82, 2.24) is 4.90 Å². The third-order valence-corrected chi connectivity index (χ3v) is 6.11. The number of hydrogen-bond acceptors (Lipinski definition) is 3. The van der Waals surface area contributed by atoms with Crippen molar-refractivity contribution in [3.8, 4) is 5.75 Å². The molecule has 1 heterocycles. The summed E-state index contributed by atoms with van der Waals surface area (Å²) < 4.78 is 11.9. The van der Waals surface area contributed by atoms with Crippen molar-refractivity contribution in [2.24, 2.45) is 0 Å². The largest absolute Gasteiger partial charge is 0.491 e. The molecule has 0 fully saturated rings. The van der Waals surface area contributed by atoms with Gasteiger partial charge in [-0.25, -0.2) is 0 Å². The van der Waals surface area contributed by atoms with Crippen LogP contribution in [-0.2, 0) is 35.3 Å². The summed E-state index contributed by atoms with van der Waals surface area (Å²) in [4.78, 5) is 15.0. The Bertz CT molecular complexity index is 1050. The van der Waals surface area contributed by atoms with Crippen molar-refractivity contribution in [1.29, 1.82) is 0 Å². The predicted molar refractivity (Wildman–Crippen MR) is 132 cm³/mol. The first kappa shape index (κ1) is 23.1. The van der Waals surface area contributed by atoms with Crippen molar-refractivity contribution in [2.75, 3.05) is 26.4 Å². The highest BCUT2D eigenvalue weighted by Gasteiger charge is 2.15. The van der Waals surface area contributed by atoms with Crippen LogP contribution in [0.2, 0.25) is 0 Å². The molecule has 0 radical (unpaired) electrons. The summed E-state index contributed by atoms with van der Waals surface area (Å²) in [7, 11) is 0. The second-order valence-electron chi connectivity index (χ2n) is 8.55. The molecular formula is C29H33NO3. The van der Waals surface area contributed by atoms with Gasteiger partial charge in [-0.3, -0.25) is 4.79 Å². The average Bonchev–Trinajstić information content (AvgIpc) is 2.85. The van der Waals surface area contributed by atoms with Gasteiger partial charge in [-0.2, -0.15) is 0 Å². The number of ether oxygens (including phenoxy) is 2. The van der Waals surface area contributed by atoms with E-state index >= 15 is 0 Å². The zero-order valence-corrected chi connectivity index (χ0v) is 19.5. The third-order valence-electron chi connectivity index (χ3n) is 6.11. The summed E-state index contributed by atoms with van der Waals surface area (Å²) in [6, 6.07) is 25.2. The second kappa shape index (κ2) is 11.7. The van der Waals surface area contributed by atoms with E-state index in [2.05, 4.69) is 61.5 Å². The molecule has 2 bridgehead atoms. The molecule has 0 aromatic heterocycles. The van der Waals surface area contributed by atoms with E-state index in [0.717, 1.165) is 30.6 Å². The van der Waals surface area contributed by atoms with E-state index in [1.165, 1.54) is 22.3 Å². The number of carbonyl (C=O) groups excluding carboxylic acids is 1. The van der Waals surface area contributed by atoms with Gasteiger partial charge in [-0.15, -0.1) is 0 Å². The maximum atomic E-state index is 13.1. The topological polar surface area (TPSA) is 38.8 Å². The molecule has 4 heteroatoms. The normalized spacial score (nSPS) is 14.6. The number of nitrogens with zero attached hydrogens (tertiary/aromatic N) is 1. The number of hydrogen-bond donors (Lipinski definition) is 0. The van der Waals surface area contributed by atoms with Gasteiger partial charge in [0.05, 0.1) is 13.2 Å². The standard InChI is InChI=1S/C29H33NO3/c1-2-23-11-13-28-27(20-23)21-25-9-6-10-26(19-25)22-30(15-16-32-17-18-33-28)29(31)14-12-24-7-4-3-5-8-24/h3-11,13,19-20H,2,12,14-18,21-22H2,1H3. The molecule has 0 spiro atoms. The molecule has 4 rings (SSSR count). The van der Waals surface area contributed by atoms with Crippen LogP contribution in [0.4, 0.5) is 0 Å². The summed E-state index contributed by atoms with van der Waals surface area (Å²) in [6.07, 6.45) is 3.05. The molecule has 0 saturated carbocycles. The van der Waals surface area contributed by atoms with E-state index in [0.29, 0.717) is 39.3 Å². The molecule has 0 aliphatic carbocycles. The Morgan fingerprint density at radius 1 is 0.879 bits per heavy atom. The first-order valence-corrected chi connectivity index (χ1v) is 11.9. The van der Waals surface area contributed by atoms with Gasteiger partial charge in [0.25, 0.3) is 0 Å². The van der Waals surface area contributed by atoms with Crippen LogP contribution in [0.1, 0.15) is 41.2 Å². The minimum atomic E-state index is 0.161. The fraction of sp³-hybridized carbons (Fsp3) is 0.345. The summed E-state index contributed by atoms with van der Waals surface area (Å²) >= 11 is 0. The van der Waals surface area contributed by atoms with Gasteiger partial charge >= 0.3 is 0 Å². The number of amides is 1. The molecule has 3 aromatic carbocycles. The molecule has 33 heavy (non-hydrogen) atoms. The molecule has 1 aliphatic rings. The highest BCUT2D eigenvalue weighted by atomic mass is 16.5. The Hall–Kier alpha value is -3.11. The predicted octanol–water partition coefficient (Wildman–Crippen LogP) is 5.21. The molecule has 3 aromatic rings.